The van der Waals surface area contributed by atoms with Crippen molar-refractivity contribution in [1.29, 1.82) is 0 Å². The highest BCUT2D eigenvalue weighted by atomic mass is 32.2. The molecule has 0 aliphatic carbocycles. The van der Waals surface area contributed by atoms with E-state index in [1.165, 1.54) is 12.1 Å². The Bertz CT molecular complexity index is 581. The molecule has 1 aromatic heterocycles. The van der Waals surface area contributed by atoms with Gasteiger partial charge in [0.15, 0.2) is 0 Å². The molecule has 0 amide bonds. The summed E-state index contributed by atoms with van der Waals surface area (Å²) in [5, 5.41) is 0. The number of H-pyrrole nitrogens is 1. The van der Waals surface area contributed by atoms with Crippen LogP contribution in [0.5, 0.6) is 0 Å². The first-order valence-corrected chi connectivity index (χ1v) is 6.87. The summed E-state index contributed by atoms with van der Waals surface area (Å²) >= 11 is 0. The van der Waals surface area contributed by atoms with Crippen molar-refractivity contribution in [2.45, 2.75) is 10.9 Å². The van der Waals surface area contributed by atoms with Crippen LogP contribution in [0.15, 0.2) is 47.6 Å². The summed E-state index contributed by atoms with van der Waals surface area (Å²) in [5.41, 5.74) is 5.80. The molecule has 18 heavy (non-hydrogen) atoms. The van der Waals surface area contributed by atoms with Gasteiger partial charge in [-0.15, -0.1) is 0 Å². The Balaban J connectivity index is 2.02. The number of sulfonamides is 1. The first-order chi connectivity index (χ1) is 8.59. The monoisotopic (exact) mass is 266 g/mol. The molecular weight excluding hydrogens is 252 g/mol. The highest BCUT2D eigenvalue weighted by molar-refractivity contribution is 7.89. The highest BCUT2D eigenvalue weighted by Gasteiger charge is 2.16. The maximum absolute atomic E-state index is 11.9. The predicted octanol–water partition coefficient (Wildman–Crippen LogP) is 0.388. The van der Waals surface area contributed by atoms with Gasteiger partial charge in [0.2, 0.25) is 10.0 Å². The highest BCUT2D eigenvalue weighted by Crippen LogP contribution is 2.08. The van der Waals surface area contributed by atoms with Gasteiger partial charge in [0, 0.05) is 18.9 Å². The van der Waals surface area contributed by atoms with Gasteiger partial charge in [0.1, 0.15) is 5.82 Å². The number of nitrogens with zero attached hydrogens (tertiary/aromatic N) is 1. The second-order valence-corrected chi connectivity index (χ2v) is 5.51. The molecule has 0 saturated carbocycles. The molecule has 1 atom stereocenters. The molecule has 0 spiro atoms. The van der Waals surface area contributed by atoms with Crippen LogP contribution in [-0.2, 0) is 10.0 Å². The van der Waals surface area contributed by atoms with Gasteiger partial charge in [-0.3, -0.25) is 0 Å². The molecule has 4 N–H and O–H groups in total. The minimum Gasteiger partial charge on any atom is -0.347 e. The topological polar surface area (TPSA) is 101 Å². The minimum atomic E-state index is -3.52. The van der Waals surface area contributed by atoms with E-state index in [4.69, 9.17) is 5.73 Å². The van der Waals surface area contributed by atoms with Gasteiger partial charge in [0.05, 0.1) is 10.9 Å². The van der Waals surface area contributed by atoms with E-state index >= 15 is 0 Å². The van der Waals surface area contributed by atoms with Crippen LogP contribution in [0.1, 0.15) is 11.9 Å². The van der Waals surface area contributed by atoms with Crippen LogP contribution >= 0.6 is 0 Å². The molecule has 7 heteroatoms. The van der Waals surface area contributed by atoms with E-state index in [1.807, 2.05) is 0 Å². The molecule has 1 heterocycles. The Morgan fingerprint density at radius 1 is 1.33 bits per heavy atom. The van der Waals surface area contributed by atoms with E-state index in [2.05, 4.69) is 14.7 Å². The van der Waals surface area contributed by atoms with Crippen molar-refractivity contribution < 1.29 is 8.42 Å². The van der Waals surface area contributed by atoms with E-state index < -0.39 is 16.1 Å². The van der Waals surface area contributed by atoms with E-state index in [9.17, 15) is 8.42 Å². The van der Waals surface area contributed by atoms with Crippen molar-refractivity contribution >= 4 is 10.0 Å². The van der Waals surface area contributed by atoms with Gasteiger partial charge in [-0.25, -0.2) is 18.1 Å². The molecule has 2 aromatic rings. The van der Waals surface area contributed by atoms with Crippen LogP contribution in [0.4, 0.5) is 0 Å². The summed E-state index contributed by atoms with van der Waals surface area (Å²) < 4.78 is 26.3. The summed E-state index contributed by atoms with van der Waals surface area (Å²) in [6.07, 6.45) is 3.21. The van der Waals surface area contributed by atoms with Crippen LogP contribution in [0.3, 0.4) is 0 Å². The Morgan fingerprint density at radius 3 is 2.67 bits per heavy atom. The number of aromatic amines is 1. The van der Waals surface area contributed by atoms with Crippen molar-refractivity contribution in [3.8, 4) is 0 Å². The van der Waals surface area contributed by atoms with Gasteiger partial charge in [-0.05, 0) is 12.1 Å². The number of nitrogens with two attached hydrogens (primary N) is 1. The molecule has 0 saturated heterocycles. The molecule has 2 rings (SSSR count). The summed E-state index contributed by atoms with van der Waals surface area (Å²) in [6, 6.07) is 7.65. The third kappa shape index (κ3) is 2.95. The van der Waals surface area contributed by atoms with E-state index in [1.54, 1.807) is 30.6 Å². The van der Waals surface area contributed by atoms with Gasteiger partial charge >= 0.3 is 0 Å². The minimum absolute atomic E-state index is 0.0880. The third-order valence-corrected chi connectivity index (χ3v) is 3.86. The lowest BCUT2D eigenvalue weighted by atomic mass is 10.3. The van der Waals surface area contributed by atoms with E-state index in [0.29, 0.717) is 5.82 Å². The first-order valence-electron chi connectivity index (χ1n) is 5.39. The Morgan fingerprint density at radius 2 is 2.06 bits per heavy atom. The summed E-state index contributed by atoms with van der Waals surface area (Å²) in [6.45, 7) is 0.0880. The SMILES string of the molecule is NC(CNS(=O)(=O)c1ccccc1)c1ncc[nH]1. The van der Waals surface area contributed by atoms with Crippen molar-refractivity contribution in [3.63, 3.8) is 0 Å². The first kappa shape index (κ1) is 12.7. The molecule has 0 aliphatic heterocycles. The molecule has 1 aromatic carbocycles. The number of hydrogen-bond donors (Lipinski definition) is 3. The van der Waals surface area contributed by atoms with E-state index in [-0.39, 0.29) is 11.4 Å². The summed E-state index contributed by atoms with van der Waals surface area (Å²) in [7, 11) is -3.52. The fourth-order valence-corrected chi connectivity index (χ4v) is 2.54. The number of rotatable bonds is 5. The smallest absolute Gasteiger partial charge is 0.240 e. The Hall–Kier alpha value is -1.70. The van der Waals surface area contributed by atoms with Crippen LogP contribution in [0, 0.1) is 0 Å². The lowest BCUT2D eigenvalue weighted by Gasteiger charge is -2.10. The number of nitrogens with one attached hydrogen (secondary N) is 2. The Labute approximate surface area is 105 Å². The fourth-order valence-electron chi connectivity index (χ4n) is 1.46. The zero-order valence-corrected chi connectivity index (χ0v) is 10.4. The zero-order chi connectivity index (χ0) is 13.0. The standard InChI is InChI=1S/C11H14N4O2S/c12-10(11-13-6-7-14-11)8-15-18(16,17)9-4-2-1-3-5-9/h1-7,10,15H,8,12H2,(H,13,14). The largest absolute Gasteiger partial charge is 0.347 e. The van der Waals surface area contributed by atoms with Crippen LogP contribution < -0.4 is 10.5 Å². The van der Waals surface area contributed by atoms with Crippen molar-refractivity contribution in [2.75, 3.05) is 6.54 Å². The molecule has 0 radical (unpaired) electrons. The molecule has 0 aliphatic rings. The maximum atomic E-state index is 11.9. The van der Waals surface area contributed by atoms with Gasteiger partial charge in [-0.1, -0.05) is 18.2 Å². The molecule has 0 bridgehead atoms. The quantitative estimate of drug-likeness (QED) is 0.728. The maximum Gasteiger partial charge on any atom is 0.240 e. The van der Waals surface area contributed by atoms with Crippen molar-refractivity contribution in [2.24, 2.45) is 5.73 Å². The van der Waals surface area contributed by atoms with Crippen LogP contribution in [0.25, 0.3) is 0 Å². The van der Waals surface area contributed by atoms with E-state index in [0.717, 1.165) is 0 Å². The van der Waals surface area contributed by atoms with Crippen molar-refractivity contribution in [3.05, 3.63) is 48.5 Å². The number of benzene rings is 1. The van der Waals surface area contributed by atoms with Crippen LogP contribution in [-0.4, -0.2) is 24.9 Å². The van der Waals surface area contributed by atoms with Crippen LogP contribution in [0.2, 0.25) is 0 Å². The lowest BCUT2D eigenvalue weighted by molar-refractivity contribution is 0.568. The average molecular weight is 266 g/mol. The third-order valence-electron chi connectivity index (χ3n) is 2.42. The molecule has 6 nitrogen and oxygen atoms in total. The second kappa shape index (κ2) is 5.30. The molecular formula is C11H14N4O2S. The number of hydrogen-bond acceptors (Lipinski definition) is 4. The number of imidazole rings is 1. The summed E-state index contributed by atoms with van der Waals surface area (Å²) in [4.78, 5) is 7.04. The summed E-state index contributed by atoms with van der Waals surface area (Å²) in [5.74, 6) is 0.547. The van der Waals surface area contributed by atoms with Gasteiger partial charge < -0.3 is 10.7 Å². The average Bonchev–Trinajstić information content (AvgIpc) is 2.91. The second-order valence-electron chi connectivity index (χ2n) is 3.75. The molecule has 1 unspecified atom stereocenters. The van der Waals surface area contributed by atoms with Gasteiger partial charge in [0.25, 0.3) is 0 Å². The number of aromatic nitrogens is 2. The lowest BCUT2D eigenvalue weighted by Crippen LogP contribution is -2.32. The van der Waals surface area contributed by atoms with Crippen molar-refractivity contribution in [1.82, 2.24) is 14.7 Å². The molecule has 0 fully saturated rings. The fraction of sp³-hybridized carbons (Fsp3) is 0.182. The predicted molar refractivity (Wildman–Crippen MR) is 67.1 cm³/mol. The van der Waals surface area contributed by atoms with Gasteiger partial charge in [-0.2, -0.15) is 0 Å². The molecule has 96 valence electrons. The normalized spacial score (nSPS) is 13.4. The Kier molecular flexibility index (Phi) is 3.75. The zero-order valence-electron chi connectivity index (χ0n) is 9.58.